The van der Waals surface area contributed by atoms with Crippen molar-refractivity contribution in [2.24, 2.45) is 4.99 Å². The second kappa shape index (κ2) is 8.49. The monoisotopic (exact) mass is 441 g/mol. The maximum Gasteiger partial charge on any atom is 0.251 e. The van der Waals surface area contributed by atoms with Gasteiger partial charge >= 0.3 is 0 Å². The van der Waals surface area contributed by atoms with Gasteiger partial charge in [0.25, 0.3) is 5.91 Å². The van der Waals surface area contributed by atoms with Gasteiger partial charge in [-0.1, -0.05) is 30.0 Å². The molecule has 0 saturated heterocycles. The molecule has 6 heteroatoms. The summed E-state index contributed by atoms with van der Waals surface area (Å²) < 4.78 is 0. The summed E-state index contributed by atoms with van der Waals surface area (Å²) in [5, 5.41) is 5.08. The number of nitrogens with one attached hydrogen (secondary N) is 1. The number of amides is 1. The Balaban J connectivity index is 1.52. The number of nitrogens with zero attached hydrogens (tertiary/aromatic N) is 2. The van der Waals surface area contributed by atoms with Crippen LogP contribution in [-0.4, -0.2) is 16.6 Å². The lowest BCUT2D eigenvalue weighted by Gasteiger charge is -2.08. The maximum absolute atomic E-state index is 12.8. The highest BCUT2D eigenvalue weighted by molar-refractivity contribution is 7.99. The lowest BCUT2D eigenvalue weighted by Crippen LogP contribution is -2.22. The van der Waals surface area contributed by atoms with Crippen molar-refractivity contribution >= 4 is 40.4 Å². The third kappa shape index (κ3) is 4.04. The molecule has 5 rings (SSSR count). The molecular formula is C25H19N3OS2. The van der Waals surface area contributed by atoms with Gasteiger partial charge in [0.05, 0.1) is 16.3 Å². The number of pyridine rings is 1. The first-order valence-electron chi connectivity index (χ1n) is 9.90. The molecule has 31 heavy (non-hydrogen) atoms. The van der Waals surface area contributed by atoms with Gasteiger partial charge in [-0.05, 0) is 65.9 Å². The van der Waals surface area contributed by atoms with Crippen molar-refractivity contribution < 1.29 is 4.79 Å². The number of carbonyl (C=O) groups is 1. The Hall–Kier alpha value is -3.22. The third-order valence-electron chi connectivity index (χ3n) is 5.10. The standard InChI is InChI=1S/C25H19N3OS2/c1-16-10-13-30-24(16)23-19-4-2-3-5-21(19)31-22-7-6-18(14-20(22)28-23)25(29)27-15-17-8-11-26-12-9-17/h2-14H,15H2,1H3,(H,27,29). The molecule has 0 aliphatic carbocycles. The summed E-state index contributed by atoms with van der Waals surface area (Å²) in [6, 6.07) is 20.0. The van der Waals surface area contributed by atoms with E-state index in [9.17, 15) is 4.79 Å². The lowest BCUT2D eigenvalue weighted by atomic mass is 10.1. The van der Waals surface area contributed by atoms with Crippen LogP contribution in [0.5, 0.6) is 0 Å². The summed E-state index contributed by atoms with van der Waals surface area (Å²) >= 11 is 3.39. The van der Waals surface area contributed by atoms with E-state index in [4.69, 9.17) is 4.99 Å². The number of carbonyl (C=O) groups excluding carboxylic acids is 1. The van der Waals surface area contributed by atoms with Gasteiger partial charge < -0.3 is 5.32 Å². The van der Waals surface area contributed by atoms with Crippen LogP contribution in [0.25, 0.3) is 0 Å². The van der Waals surface area contributed by atoms with Gasteiger partial charge in [-0.3, -0.25) is 9.78 Å². The summed E-state index contributed by atoms with van der Waals surface area (Å²) in [6.45, 7) is 2.57. The minimum Gasteiger partial charge on any atom is -0.348 e. The molecule has 0 saturated carbocycles. The fourth-order valence-corrected chi connectivity index (χ4v) is 5.39. The third-order valence-corrected chi connectivity index (χ3v) is 7.26. The Bertz CT molecular complexity index is 1300. The largest absolute Gasteiger partial charge is 0.348 e. The van der Waals surface area contributed by atoms with E-state index in [2.05, 4.69) is 46.9 Å². The normalized spacial score (nSPS) is 12.4. The summed E-state index contributed by atoms with van der Waals surface area (Å²) in [5.74, 6) is -0.115. The van der Waals surface area contributed by atoms with E-state index in [1.807, 2.05) is 36.4 Å². The number of aromatic nitrogens is 1. The number of thiophene rings is 1. The molecule has 0 atom stereocenters. The van der Waals surface area contributed by atoms with Crippen LogP contribution in [0, 0.1) is 6.92 Å². The molecule has 4 nitrogen and oxygen atoms in total. The number of fused-ring (bicyclic) bond motifs is 2. The summed E-state index contributed by atoms with van der Waals surface area (Å²) in [5.41, 5.74) is 5.73. The second-order valence-electron chi connectivity index (χ2n) is 7.21. The average molecular weight is 442 g/mol. The van der Waals surface area contributed by atoms with Crippen molar-refractivity contribution in [3.63, 3.8) is 0 Å². The van der Waals surface area contributed by atoms with Gasteiger partial charge in [0.15, 0.2) is 0 Å². The molecule has 1 amide bonds. The van der Waals surface area contributed by atoms with E-state index in [-0.39, 0.29) is 5.91 Å². The van der Waals surface area contributed by atoms with Crippen LogP contribution < -0.4 is 5.32 Å². The Labute approximate surface area is 189 Å². The average Bonchev–Trinajstić information content (AvgIpc) is 3.15. The van der Waals surface area contributed by atoms with Crippen LogP contribution in [-0.2, 0) is 6.54 Å². The molecule has 0 fully saturated rings. The number of benzene rings is 2. The van der Waals surface area contributed by atoms with Gasteiger partial charge in [0.1, 0.15) is 0 Å². The zero-order valence-corrected chi connectivity index (χ0v) is 18.5. The first kappa shape index (κ1) is 19.7. The zero-order chi connectivity index (χ0) is 21.2. The Morgan fingerprint density at radius 3 is 2.65 bits per heavy atom. The van der Waals surface area contributed by atoms with Gasteiger partial charge in [0.2, 0.25) is 0 Å². The number of hydrogen-bond donors (Lipinski definition) is 1. The topological polar surface area (TPSA) is 54.4 Å². The molecule has 1 N–H and O–H groups in total. The maximum atomic E-state index is 12.8. The van der Waals surface area contributed by atoms with E-state index in [0.717, 1.165) is 32.3 Å². The van der Waals surface area contributed by atoms with Crippen molar-refractivity contribution in [2.45, 2.75) is 23.3 Å². The molecule has 0 radical (unpaired) electrons. The lowest BCUT2D eigenvalue weighted by molar-refractivity contribution is 0.0951. The molecule has 3 heterocycles. The summed E-state index contributed by atoms with van der Waals surface area (Å²) in [6.07, 6.45) is 3.45. The number of aliphatic imine (C=N–C) groups is 1. The predicted octanol–water partition coefficient (Wildman–Crippen LogP) is 6.02. The van der Waals surface area contributed by atoms with Crippen LogP contribution in [0.1, 0.15) is 31.9 Å². The van der Waals surface area contributed by atoms with Crippen LogP contribution in [0.3, 0.4) is 0 Å². The van der Waals surface area contributed by atoms with Crippen molar-refractivity contribution in [1.29, 1.82) is 0 Å². The first-order valence-corrected chi connectivity index (χ1v) is 11.6. The van der Waals surface area contributed by atoms with Gasteiger partial charge in [-0.15, -0.1) is 11.3 Å². The van der Waals surface area contributed by atoms with Crippen molar-refractivity contribution in [3.8, 4) is 0 Å². The van der Waals surface area contributed by atoms with E-state index < -0.39 is 0 Å². The number of rotatable bonds is 4. The van der Waals surface area contributed by atoms with Crippen LogP contribution in [0.15, 0.2) is 93.2 Å². The van der Waals surface area contributed by atoms with E-state index in [1.165, 1.54) is 10.5 Å². The zero-order valence-electron chi connectivity index (χ0n) is 16.8. The predicted molar refractivity (Wildman–Crippen MR) is 127 cm³/mol. The highest BCUT2D eigenvalue weighted by atomic mass is 32.2. The van der Waals surface area contributed by atoms with Crippen molar-refractivity contribution in [2.75, 3.05) is 0 Å². The second-order valence-corrected chi connectivity index (χ2v) is 9.21. The van der Waals surface area contributed by atoms with Crippen LogP contribution >= 0.6 is 23.1 Å². The smallest absolute Gasteiger partial charge is 0.251 e. The quantitative estimate of drug-likeness (QED) is 0.371. The molecule has 0 unspecified atom stereocenters. The highest BCUT2D eigenvalue weighted by Crippen LogP contribution is 2.42. The molecule has 152 valence electrons. The molecule has 1 aliphatic heterocycles. The van der Waals surface area contributed by atoms with Gasteiger partial charge in [-0.2, -0.15) is 0 Å². The van der Waals surface area contributed by atoms with E-state index in [1.54, 1.807) is 35.5 Å². The molecule has 2 aromatic carbocycles. The Kier molecular flexibility index (Phi) is 5.40. The fraction of sp³-hybridized carbons (Fsp3) is 0.0800. The fourth-order valence-electron chi connectivity index (χ4n) is 3.46. The molecule has 4 aromatic rings. The minimum absolute atomic E-state index is 0.115. The molecule has 0 spiro atoms. The van der Waals surface area contributed by atoms with Crippen LogP contribution in [0.4, 0.5) is 5.69 Å². The van der Waals surface area contributed by atoms with Gasteiger partial charge in [0, 0.05) is 39.9 Å². The minimum atomic E-state index is -0.115. The SMILES string of the molecule is Cc1ccsc1C1=Nc2cc(C(=O)NCc3ccncc3)ccc2Sc2ccccc21. The molecular weight excluding hydrogens is 422 g/mol. The van der Waals surface area contributed by atoms with E-state index in [0.29, 0.717) is 12.1 Å². The van der Waals surface area contributed by atoms with Crippen LogP contribution in [0.2, 0.25) is 0 Å². The molecule has 1 aliphatic rings. The first-order chi connectivity index (χ1) is 15.2. The molecule has 0 bridgehead atoms. The summed E-state index contributed by atoms with van der Waals surface area (Å²) in [4.78, 5) is 25.2. The Morgan fingerprint density at radius 2 is 1.84 bits per heavy atom. The van der Waals surface area contributed by atoms with Gasteiger partial charge in [-0.25, -0.2) is 4.99 Å². The van der Waals surface area contributed by atoms with Crippen molar-refractivity contribution in [3.05, 3.63) is 106 Å². The Morgan fingerprint density at radius 1 is 1.00 bits per heavy atom. The number of hydrogen-bond acceptors (Lipinski definition) is 5. The highest BCUT2D eigenvalue weighted by Gasteiger charge is 2.21. The number of aryl methyl sites for hydroxylation is 1. The van der Waals surface area contributed by atoms with E-state index >= 15 is 0 Å². The van der Waals surface area contributed by atoms with Crippen molar-refractivity contribution in [1.82, 2.24) is 10.3 Å². The summed E-state index contributed by atoms with van der Waals surface area (Å²) in [7, 11) is 0. The molecule has 2 aromatic heterocycles.